The van der Waals surface area contributed by atoms with Crippen LogP contribution in [-0.4, -0.2) is 29.2 Å². The molecule has 0 atom stereocenters. The van der Waals surface area contributed by atoms with Gasteiger partial charge >= 0.3 is 5.69 Å². The van der Waals surface area contributed by atoms with Crippen molar-refractivity contribution in [2.24, 2.45) is 0 Å². The zero-order chi connectivity index (χ0) is 20.1. The number of aryl methyl sites for hydroxylation is 3. The highest BCUT2D eigenvalue weighted by Crippen LogP contribution is 2.11. The van der Waals surface area contributed by atoms with Gasteiger partial charge in [-0.3, -0.25) is 13.9 Å². The van der Waals surface area contributed by atoms with Crippen LogP contribution in [0, 0.1) is 0 Å². The van der Waals surface area contributed by atoms with Crippen LogP contribution in [0.5, 0.6) is 0 Å². The molecule has 3 heterocycles. The minimum Gasteiger partial charge on any atom is -0.339 e. The second-order valence-electron chi connectivity index (χ2n) is 6.78. The van der Waals surface area contributed by atoms with Crippen LogP contribution in [0.4, 0.5) is 0 Å². The third kappa shape index (κ3) is 4.35. The maximum absolute atomic E-state index is 12.9. The number of unbranched alkanes of at least 4 members (excludes halogenated alkanes) is 2. The highest BCUT2D eigenvalue weighted by atomic mass is 35.5. The van der Waals surface area contributed by atoms with E-state index in [1.165, 1.54) is 9.13 Å². The van der Waals surface area contributed by atoms with Gasteiger partial charge in [0.05, 0.1) is 0 Å². The van der Waals surface area contributed by atoms with Crippen molar-refractivity contribution in [2.75, 3.05) is 0 Å². The predicted octanol–water partition coefficient (Wildman–Crippen LogP) is 2.70. The summed E-state index contributed by atoms with van der Waals surface area (Å²) in [6, 6.07) is 0. The number of halogens is 1. The number of hydrogen-bond acceptors (Lipinski definition) is 6. The van der Waals surface area contributed by atoms with Gasteiger partial charge in [0.1, 0.15) is 0 Å². The molecule has 0 amide bonds. The molecule has 0 aliphatic carbocycles. The third-order valence-electron chi connectivity index (χ3n) is 4.60. The summed E-state index contributed by atoms with van der Waals surface area (Å²) in [6.07, 6.45) is 5.63. The van der Waals surface area contributed by atoms with Crippen molar-refractivity contribution in [1.29, 1.82) is 0 Å². The molecule has 0 aliphatic heterocycles. The molecule has 9 nitrogen and oxygen atoms in total. The van der Waals surface area contributed by atoms with Crippen molar-refractivity contribution < 1.29 is 4.52 Å². The van der Waals surface area contributed by atoms with E-state index in [9.17, 15) is 9.59 Å². The Morgan fingerprint density at radius 1 is 1.00 bits per heavy atom. The fourth-order valence-electron chi connectivity index (χ4n) is 3.07. The molecule has 0 aliphatic rings. The van der Waals surface area contributed by atoms with Crippen LogP contribution >= 0.6 is 11.6 Å². The summed E-state index contributed by atoms with van der Waals surface area (Å²) in [7, 11) is 0. The summed E-state index contributed by atoms with van der Waals surface area (Å²) in [5, 5.41) is 4.06. The maximum Gasteiger partial charge on any atom is 0.332 e. The SMILES string of the molecule is CCCCc1nc(CCCn2c(=O)c3[nH]c(Cl)nc3n(CCCC)c2=O)no1. The van der Waals surface area contributed by atoms with Gasteiger partial charge < -0.3 is 9.51 Å². The van der Waals surface area contributed by atoms with Crippen molar-refractivity contribution >= 4 is 22.8 Å². The van der Waals surface area contributed by atoms with Crippen LogP contribution in [0.15, 0.2) is 14.1 Å². The fourth-order valence-corrected chi connectivity index (χ4v) is 3.24. The van der Waals surface area contributed by atoms with Crippen molar-refractivity contribution in [1.82, 2.24) is 29.2 Å². The zero-order valence-electron chi connectivity index (χ0n) is 16.2. The average molecular weight is 409 g/mol. The third-order valence-corrected chi connectivity index (χ3v) is 4.78. The molecule has 0 aromatic carbocycles. The predicted molar refractivity (Wildman–Crippen MR) is 106 cm³/mol. The van der Waals surface area contributed by atoms with Crippen LogP contribution in [0.2, 0.25) is 5.28 Å². The molecule has 0 saturated heterocycles. The van der Waals surface area contributed by atoms with Crippen molar-refractivity contribution in [3.63, 3.8) is 0 Å². The topological polar surface area (TPSA) is 112 Å². The smallest absolute Gasteiger partial charge is 0.332 e. The summed E-state index contributed by atoms with van der Waals surface area (Å²) in [5.74, 6) is 1.22. The van der Waals surface area contributed by atoms with Crippen LogP contribution in [0.25, 0.3) is 11.2 Å². The van der Waals surface area contributed by atoms with E-state index in [-0.39, 0.29) is 23.0 Å². The Bertz CT molecular complexity index is 1050. The van der Waals surface area contributed by atoms with E-state index in [2.05, 4.69) is 27.0 Å². The number of aromatic amines is 1. The molecule has 28 heavy (non-hydrogen) atoms. The monoisotopic (exact) mass is 408 g/mol. The van der Waals surface area contributed by atoms with E-state index in [1.54, 1.807) is 0 Å². The zero-order valence-corrected chi connectivity index (χ0v) is 17.0. The Labute approximate surface area is 166 Å². The molecule has 3 aromatic rings. The van der Waals surface area contributed by atoms with Crippen LogP contribution in [0.1, 0.15) is 57.7 Å². The van der Waals surface area contributed by atoms with Gasteiger partial charge in [-0.1, -0.05) is 31.8 Å². The van der Waals surface area contributed by atoms with E-state index in [0.29, 0.717) is 36.7 Å². The van der Waals surface area contributed by atoms with Gasteiger partial charge in [-0.05, 0) is 30.9 Å². The lowest BCUT2D eigenvalue weighted by Crippen LogP contribution is -2.40. The molecule has 1 N–H and O–H groups in total. The quantitative estimate of drug-likeness (QED) is 0.516. The Hall–Kier alpha value is -2.42. The minimum absolute atomic E-state index is 0.0981. The van der Waals surface area contributed by atoms with Gasteiger partial charge in [0.25, 0.3) is 5.56 Å². The van der Waals surface area contributed by atoms with Gasteiger partial charge in [-0.2, -0.15) is 9.97 Å². The number of nitrogens with one attached hydrogen (secondary N) is 1. The number of imidazole rings is 1. The molecular weight excluding hydrogens is 384 g/mol. The second kappa shape index (κ2) is 9.18. The van der Waals surface area contributed by atoms with E-state index in [0.717, 1.165) is 32.1 Å². The standard InChI is InChI=1S/C18H25ClN6O3/c1-3-5-9-13-20-12(23-28-13)8-7-11-25-16(26)14-15(22-17(19)21-14)24(18(25)27)10-6-4-2/h3-11H2,1-2H3,(H,21,22). The van der Waals surface area contributed by atoms with Crippen LogP contribution in [-0.2, 0) is 25.9 Å². The summed E-state index contributed by atoms with van der Waals surface area (Å²) in [5.41, 5.74) is -0.222. The Morgan fingerprint density at radius 2 is 1.75 bits per heavy atom. The summed E-state index contributed by atoms with van der Waals surface area (Å²) in [4.78, 5) is 36.8. The fraction of sp³-hybridized carbons (Fsp3) is 0.611. The van der Waals surface area contributed by atoms with Gasteiger partial charge in [0.15, 0.2) is 17.0 Å². The molecule has 10 heteroatoms. The first kappa shape index (κ1) is 20.3. The largest absolute Gasteiger partial charge is 0.339 e. The molecule has 3 aromatic heterocycles. The van der Waals surface area contributed by atoms with Crippen molar-refractivity contribution in [3.8, 4) is 0 Å². The highest BCUT2D eigenvalue weighted by molar-refractivity contribution is 6.28. The molecule has 0 bridgehead atoms. The van der Waals surface area contributed by atoms with Gasteiger partial charge in [-0.15, -0.1) is 0 Å². The van der Waals surface area contributed by atoms with Gasteiger partial charge in [-0.25, -0.2) is 4.79 Å². The van der Waals surface area contributed by atoms with E-state index < -0.39 is 5.56 Å². The Morgan fingerprint density at radius 3 is 2.50 bits per heavy atom. The molecule has 3 rings (SSSR count). The lowest BCUT2D eigenvalue weighted by atomic mass is 10.2. The molecule has 0 fully saturated rings. The van der Waals surface area contributed by atoms with Crippen molar-refractivity contribution in [3.05, 3.63) is 37.8 Å². The summed E-state index contributed by atoms with van der Waals surface area (Å²) < 4.78 is 7.96. The number of nitrogens with zero attached hydrogens (tertiary/aromatic N) is 5. The second-order valence-corrected chi connectivity index (χ2v) is 7.14. The number of hydrogen-bond donors (Lipinski definition) is 1. The summed E-state index contributed by atoms with van der Waals surface area (Å²) in [6.45, 7) is 4.88. The lowest BCUT2D eigenvalue weighted by molar-refractivity contribution is 0.369. The van der Waals surface area contributed by atoms with Gasteiger partial charge in [0.2, 0.25) is 11.2 Å². The van der Waals surface area contributed by atoms with E-state index in [1.807, 2.05) is 6.92 Å². The molecule has 0 spiro atoms. The number of aromatic nitrogens is 6. The van der Waals surface area contributed by atoms with Gasteiger partial charge in [0, 0.05) is 25.9 Å². The number of rotatable bonds is 10. The first-order chi connectivity index (χ1) is 13.5. The minimum atomic E-state index is -0.413. The number of fused-ring (bicyclic) bond motifs is 1. The molecule has 0 radical (unpaired) electrons. The molecule has 0 unspecified atom stereocenters. The lowest BCUT2D eigenvalue weighted by Gasteiger charge is -2.10. The van der Waals surface area contributed by atoms with Crippen LogP contribution < -0.4 is 11.2 Å². The summed E-state index contributed by atoms with van der Waals surface area (Å²) >= 11 is 5.93. The van der Waals surface area contributed by atoms with E-state index in [4.69, 9.17) is 16.1 Å². The van der Waals surface area contributed by atoms with Crippen LogP contribution in [0.3, 0.4) is 0 Å². The normalized spacial score (nSPS) is 11.5. The molecular formula is C18H25ClN6O3. The first-order valence-corrected chi connectivity index (χ1v) is 10.1. The molecule has 152 valence electrons. The number of H-pyrrole nitrogens is 1. The molecule has 0 saturated carbocycles. The average Bonchev–Trinajstić information content (AvgIpc) is 3.29. The Balaban J connectivity index is 1.79. The maximum atomic E-state index is 12.9. The first-order valence-electron chi connectivity index (χ1n) is 9.75. The Kier molecular flexibility index (Phi) is 6.66. The van der Waals surface area contributed by atoms with E-state index >= 15 is 0 Å². The highest BCUT2D eigenvalue weighted by Gasteiger charge is 2.17. The van der Waals surface area contributed by atoms with Crippen molar-refractivity contribution in [2.45, 2.75) is 71.9 Å².